The Morgan fingerprint density at radius 1 is 1.18 bits per heavy atom. The van der Waals surface area contributed by atoms with Crippen molar-refractivity contribution in [1.29, 1.82) is 0 Å². The van der Waals surface area contributed by atoms with E-state index in [4.69, 9.17) is 11.6 Å². The molecule has 0 spiro atoms. The third-order valence-corrected chi connectivity index (χ3v) is 4.08. The van der Waals surface area contributed by atoms with Gasteiger partial charge in [0.05, 0.1) is 25.1 Å². The van der Waals surface area contributed by atoms with Crippen LogP contribution in [0.3, 0.4) is 0 Å². The van der Waals surface area contributed by atoms with Gasteiger partial charge in [-0.15, -0.1) is 0 Å². The molecule has 1 heterocycles. The van der Waals surface area contributed by atoms with Crippen molar-refractivity contribution in [2.24, 2.45) is 0 Å². The molecule has 2 aromatic rings. The van der Waals surface area contributed by atoms with Gasteiger partial charge in [-0.1, -0.05) is 23.7 Å². The van der Waals surface area contributed by atoms with Gasteiger partial charge in [-0.05, 0) is 23.8 Å². The first-order chi connectivity index (χ1) is 13.1. The van der Waals surface area contributed by atoms with Crippen LogP contribution in [0.2, 0.25) is 5.02 Å². The Bertz CT molecular complexity index is 910. The van der Waals surface area contributed by atoms with Crippen LogP contribution < -0.4 is 10.9 Å². The van der Waals surface area contributed by atoms with E-state index in [1.54, 1.807) is 24.3 Å². The molecule has 0 radical (unpaired) electrons. The Labute approximate surface area is 162 Å². The fourth-order valence-electron chi connectivity index (χ4n) is 2.41. The highest BCUT2D eigenvalue weighted by Crippen LogP contribution is 2.28. The van der Waals surface area contributed by atoms with Crippen LogP contribution in [0.4, 0.5) is 13.2 Å². The number of nitrogens with one attached hydrogen (secondary N) is 1. The molecule has 6 nitrogen and oxygen atoms in total. The molecule has 1 N–H and O–H groups in total. The molecular weight excluding hydrogens is 401 g/mol. The van der Waals surface area contributed by atoms with Gasteiger partial charge >= 0.3 is 12.1 Å². The lowest BCUT2D eigenvalue weighted by Gasteiger charge is -2.19. The number of aromatic nitrogens is 1. The lowest BCUT2D eigenvalue weighted by Crippen LogP contribution is -2.35. The zero-order valence-corrected chi connectivity index (χ0v) is 15.4. The number of esters is 1. The molecule has 0 aliphatic carbocycles. The molecule has 28 heavy (non-hydrogen) atoms. The Morgan fingerprint density at radius 3 is 2.39 bits per heavy atom. The molecule has 0 saturated heterocycles. The number of ether oxygens (including phenoxy) is 1. The number of hydrogen-bond acceptors (Lipinski definition) is 4. The normalized spacial score (nSPS) is 12.3. The average molecular weight is 417 g/mol. The van der Waals surface area contributed by atoms with Crippen molar-refractivity contribution in [1.82, 2.24) is 9.88 Å². The average Bonchev–Trinajstić information content (AvgIpc) is 2.62. The van der Waals surface area contributed by atoms with Crippen molar-refractivity contribution in [2.75, 3.05) is 7.11 Å². The maximum atomic E-state index is 12.8. The summed E-state index contributed by atoms with van der Waals surface area (Å²) in [5.74, 6) is -1.35. The molecule has 150 valence electrons. The number of nitrogens with zero attached hydrogens (tertiary/aromatic N) is 1. The van der Waals surface area contributed by atoms with Crippen molar-refractivity contribution in [2.45, 2.75) is 25.2 Å². The van der Waals surface area contributed by atoms with E-state index in [2.05, 4.69) is 10.1 Å². The first-order valence-electron chi connectivity index (χ1n) is 7.99. The highest BCUT2D eigenvalue weighted by molar-refractivity contribution is 6.30. The summed E-state index contributed by atoms with van der Waals surface area (Å²) in [6.07, 6.45) is -4.29. The molecule has 1 aromatic carbocycles. The molecule has 1 atom stereocenters. The van der Waals surface area contributed by atoms with Crippen molar-refractivity contribution in [3.63, 3.8) is 0 Å². The van der Waals surface area contributed by atoms with Crippen LogP contribution in [0.5, 0.6) is 0 Å². The Kier molecular flexibility index (Phi) is 6.85. The van der Waals surface area contributed by atoms with Crippen molar-refractivity contribution < 1.29 is 27.5 Å². The maximum absolute atomic E-state index is 12.8. The highest BCUT2D eigenvalue weighted by Gasteiger charge is 2.31. The number of halogens is 4. The molecule has 1 amide bonds. The van der Waals surface area contributed by atoms with E-state index in [1.807, 2.05) is 0 Å². The lowest BCUT2D eigenvalue weighted by atomic mass is 10.0. The Morgan fingerprint density at radius 2 is 1.82 bits per heavy atom. The van der Waals surface area contributed by atoms with Gasteiger partial charge < -0.3 is 14.6 Å². The van der Waals surface area contributed by atoms with Crippen LogP contribution in [0.15, 0.2) is 47.4 Å². The van der Waals surface area contributed by atoms with Crippen LogP contribution in [0.1, 0.15) is 23.6 Å². The quantitative estimate of drug-likeness (QED) is 0.734. The largest absolute Gasteiger partial charge is 0.469 e. The monoisotopic (exact) mass is 416 g/mol. The second-order valence-electron chi connectivity index (χ2n) is 5.83. The van der Waals surface area contributed by atoms with Gasteiger partial charge in [0, 0.05) is 17.3 Å². The third kappa shape index (κ3) is 5.85. The summed E-state index contributed by atoms with van der Waals surface area (Å²) in [6.45, 7) is -0.645. The second kappa shape index (κ2) is 8.92. The molecule has 10 heteroatoms. The zero-order chi connectivity index (χ0) is 20.9. The summed E-state index contributed by atoms with van der Waals surface area (Å²) in [4.78, 5) is 35.7. The van der Waals surface area contributed by atoms with Gasteiger partial charge in [-0.3, -0.25) is 14.4 Å². The van der Waals surface area contributed by atoms with Crippen molar-refractivity contribution in [3.8, 4) is 0 Å². The molecular formula is C18H16ClF3N2O4. The van der Waals surface area contributed by atoms with E-state index in [0.29, 0.717) is 27.4 Å². The smallest absolute Gasteiger partial charge is 0.417 e. The number of rotatable bonds is 6. The molecule has 0 aliphatic heterocycles. The topological polar surface area (TPSA) is 77.4 Å². The third-order valence-electron chi connectivity index (χ3n) is 3.83. The van der Waals surface area contributed by atoms with E-state index < -0.39 is 41.8 Å². The molecule has 1 unspecified atom stereocenters. The standard InChI is InChI=1S/C18H16ClF3N2O4/c1-28-17(27)8-14(11-2-5-13(19)6-3-11)23-15(25)10-24-9-12(18(20,21)22)4-7-16(24)26/h2-7,9,14H,8,10H2,1H3,(H,23,25). The fraction of sp³-hybridized carbons (Fsp3) is 0.278. The predicted molar refractivity (Wildman–Crippen MR) is 94.7 cm³/mol. The summed E-state index contributed by atoms with van der Waals surface area (Å²) in [5, 5.41) is 2.97. The number of alkyl halides is 3. The molecule has 0 bridgehead atoms. The second-order valence-corrected chi connectivity index (χ2v) is 6.27. The van der Waals surface area contributed by atoms with E-state index in [-0.39, 0.29) is 6.42 Å². The summed E-state index contributed by atoms with van der Waals surface area (Å²) < 4.78 is 43.7. The van der Waals surface area contributed by atoms with Gasteiger partial charge in [0.2, 0.25) is 5.91 Å². The first-order valence-corrected chi connectivity index (χ1v) is 8.37. The minimum Gasteiger partial charge on any atom is -0.469 e. The van der Waals surface area contributed by atoms with Crippen molar-refractivity contribution in [3.05, 3.63) is 69.1 Å². The summed E-state index contributed by atoms with van der Waals surface area (Å²) in [5.41, 5.74) is -1.28. The van der Waals surface area contributed by atoms with Crippen LogP contribution in [-0.2, 0) is 27.0 Å². The van der Waals surface area contributed by atoms with Gasteiger partial charge in [-0.25, -0.2) is 0 Å². The highest BCUT2D eigenvalue weighted by atomic mass is 35.5. The Hall–Kier alpha value is -2.81. The first kappa shape index (κ1) is 21.5. The van der Waals surface area contributed by atoms with Gasteiger partial charge in [0.25, 0.3) is 5.56 Å². The van der Waals surface area contributed by atoms with Crippen LogP contribution in [0, 0.1) is 0 Å². The summed E-state index contributed by atoms with van der Waals surface area (Å²) in [6, 6.07) is 6.87. The maximum Gasteiger partial charge on any atom is 0.417 e. The lowest BCUT2D eigenvalue weighted by molar-refractivity contribution is -0.141. The fourth-order valence-corrected chi connectivity index (χ4v) is 2.54. The zero-order valence-electron chi connectivity index (χ0n) is 14.6. The van der Waals surface area contributed by atoms with Gasteiger partial charge in [-0.2, -0.15) is 13.2 Å². The predicted octanol–water partition coefficient (Wildman–Crippen LogP) is 2.94. The summed E-state index contributed by atoms with van der Waals surface area (Å²) in [7, 11) is 1.19. The SMILES string of the molecule is COC(=O)CC(NC(=O)Cn1cc(C(F)(F)F)ccc1=O)c1ccc(Cl)cc1. The van der Waals surface area contributed by atoms with E-state index in [9.17, 15) is 27.6 Å². The van der Waals surface area contributed by atoms with Crippen molar-refractivity contribution >= 4 is 23.5 Å². The van der Waals surface area contributed by atoms with E-state index in [0.717, 1.165) is 6.07 Å². The summed E-state index contributed by atoms with van der Waals surface area (Å²) >= 11 is 5.82. The number of methoxy groups -OCH3 is 1. The molecule has 2 rings (SSSR count). The number of benzene rings is 1. The number of carbonyl (C=O) groups excluding carboxylic acids is 2. The number of carbonyl (C=O) groups is 2. The van der Waals surface area contributed by atoms with Gasteiger partial charge in [0.1, 0.15) is 6.54 Å². The Balaban J connectivity index is 2.20. The van der Waals surface area contributed by atoms with E-state index >= 15 is 0 Å². The van der Waals surface area contributed by atoms with E-state index in [1.165, 1.54) is 7.11 Å². The minimum absolute atomic E-state index is 0.207. The molecule has 0 saturated carbocycles. The number of amides is 1. The number of pyridine rings is 1. The molecule has 0 fully saturated rings. The van der Waals surface area contributed by atoms with Crippen LogP contribution >= 0.6 is 11.6 Å². The van der Waals surface area contributed by atoms with Crippen LogP contribution in [0.25, 0.3) is 0 Å². The molecule has 1 aromatic heterocycles. The number of hydrogen-bond donors (Lipinski definition) is 1. The minimum atomic E-state index is -4.65. The van der Waals surface area contributed by atoms with Crippen LogP contribution in [-0.4, -0.2) is 23.6 Å². The molecule has 0 aliphatic rings. The van der Waals surface area contributed by atoms with Gasteiger partial charge in [0.15, 0.2) is 0 Å².